The summed E-state index contributed by atoms with van der Waals surface area (Å²) in [6.07, 6.45) is 4.72. The van der Waals surface area contributed by atoms with Crippen molar-refractivity contribution in [3.63, 3.8) is 0 Å². The van der Waals surface area contributed by atoms with Crippen LogP contribution in [-0.2, 0) is 4.79 Å². The molecule has 122 valence electrons. The summed E-state index contributed by atoms with van der Waals surface area (Å²) < 4.78 is 10.9. The number of fused-ring (bicyclic) bond motifs is 1. The summed E-state index contributed by atoms with van der Waals surface area (Å²) in [5, 5.41) is 10.6. The molecule has 1 amide bonds. The van der Waals surface area contributed by atoms with E-state index in [0.29, 0.717) is 31.0 Å². The van der Waals surface area contributed by atoms with Crippen LogP contribution in [0.25, 0.3) is 6.08 Å². The number of hydrogen-bond donors (Lipinski definition) is 1. The van der Waals surface area contributed by atoms with E-state index in [1.807, 2.05) is 24.3 Å². The van der Waals surface area contributed by atoms with Gasteiger partial charge in [-0.3, -0.25) is 4.79 Å². The fourth-order valence-corrected chi connectivity index (χ4v) is 3.55. The molecule has 23 heavy (non-hydrogen) atoms. The zero-order valence-corrected chi connectivity index (χ0v) is 13.2. The molecule has 2 fully saturated rings. The van der Waals surface area contributed by atoms with E-state index >= 15 is 0 Å². The lowest BCUT2D eigenvalue weighted by atomic mass is 9.97. The molecule has 1 saturated carbocycles. The van der Waals surface area contributed by atoms with Gasteiger partial charge in [0.15, 0.2) is 0 Å². The number of ether oxygens (including phenoxy) is 2. The van der Waals surface area contributed by atoms with Gasteiger partial charge in [-0.25, -0.2) is 0 Å². The van der Waals surface area contributed by atoms with E-state index in [0.717, 1.165) is 29.9 Å². The lowest BCUT2D eigenvalue weighted by Crippen LogP contribution is -2.39. The van der Waals surface area contributed by atoms with Crippen LogP contribution in [0.5, 0.6) is 11.5 Å². The Morgan fingerprint density at radius 3 is 3.00 bits per heavy atom. The average Bonchev–Trinajstić information content (AvgIpc) is 3.37. The molecule has 1 aliphatic carbocycles. The van der Waals surface area contributed by atoms with Crippen molar-refractivity contribution in [3.05, 3.63) is 29.3 Å². The van der Waals surface area contributed by atoms with Crippen LogP contribution in [0.1, 0.15) is 24.8 Å². The van der Waals surface area contributed by atoms with Gasteiger partial charge >= 0.3 is 0 Å². The van der Waals surface area contributed by atoms with Crippen molar-refractivity contribution in [2.45, 2.75) is 24.9 Å². The number of methoxy groups -OCH3 is 1. The minimum absolute atomic E-state index is 0.0324. The van der Waals surface area contributed by atoms with E-state index in [2.05, 4.69) is 0 Å². The number of likely N-dealkylation sites (tertiary alicyclic amines) is 1. The fraction of sp³-hybridized carbons (Fsp3) is 0.500. The van der Waals surface area contributed by atoms with Crippen molar-refractivity contribution < 1.29 is 19.4 Å². The number of nitrogens with zero attached hydrogens (tertiary/aromatic N) is 1. The Hall–Kier alpha value is -2.01. The maximum Gasteiger partial charge on any atom is 0.253 e. The number of carbonyl (C=O) groups is 1. The Bertz CT molecular complexity index is 680. The minimum atomic E-state index is -0.674. The molecule has 4 rings (SSSR count). The number of rotatable bonds is 3. The van der Waals surface area contributed by atoms with Gasteiger partial charge in [0.2, 0.25) is 0 Å². The Balaban J connectivity index is 1.53. The van der Waals surface area contributed by atoms with Crippen LogP contribution in [0, 0.1) is 5.92 Å². The Morgan fingerprint density at radius 1 is 1.43 bits per heavy atom. The summed E-state index contributed by atoms with van der Waals surface area (Å²) in [5.74, 6) is 1.84. The molecule has 0 aromatic heterocycles. The maximum absolute atomic E-state index is 12.7. The third-order valence-electron chi connectivity index (χ3n) is 5.11. The summed E-state index contributed by atoms with van der Waals surface area (Å²) in [6.45, 7) is 1.34. The van der Waals surface area contributed by atoms with Crippen molar-refractivity contribution in [2.75, 3.05) is 26.8 Å². The van der Waals surface area contributed by atoms with E-state index in [9.17, 15) is 9.90 Å². The van der Waals surface area contributed by atoms with Gasteiger partial charge in [-0.1, -0.05) is 0 Å². The first-order valence-electron chi connectivity index (χ1n) is 8.12. The average molecular weight is 315 g/mol. The normalized spacial score (nSPS) is 26.3. The molecule has 3 aliphatic rings. The lowest BCUT2D eigenvalue weighted by molar-refractivity contribution is -0.127. The lowest BCUT2D eigenvalue weighted by Gasteiger charge is -2.25. The standard InChI is InChI=1S/C18H21NO4/c1-22-15-4-5-16-12(9-15)8-13(10-23-16)17(20)19-7-6-18(21,11-19)14-2-3-14/h4-5,8-9,14,21H,2-3,6-7,10-11H2,1H3. The van der Waals surface area contributed by atoms with Gasteiger partial charge in [-0.15, -0.1) is 0 Å². The largest absolute Gasteiger partial charge is 0.497 e. The van der Waals surface area contributed by atoms with E-state index in [1.54, 1.807) is 12.0 Å². The number of carbonyl (C=O) groups excluding carboxylic acids is 1. The van der Waals surface area contributed by atoms with Gasteiger partial charge in [-0.2, -0.15) is 0 Å². The van der Waals surface area contributed by atoms with Crippen LogP contribution in [0.4, 0.5) is 0 Å². The quantitative estimate of drug-likeness (QED) is 0.925. The second-order valence-electron chi connectivity index (χ2n) is 6.72. The molecule has 5 nitrogen and oxygen atoms in total. The van der Waals surface area contributed by atoms with Crippen molar-refractivity contribution in [2.24, 2.45) is 5.92 Å². The zero-order valence-electron chi connectivity index (χ0n) is 13.2. The molecule has 2 heterocycles. The van der Waals surface area contributed by atoms with E-state index in [1.165, 1.54) is 0 Å². The summed E-state index contributed by atoms with van der Waals surface area (Å²) >= 11 is 0. The molecule has 1 atom stereocenters. The zero-order chi connectivity index (χ0) is 16.0. The minimum Gasteiger partial charge on any atom is -0.497 e. The highest BCUT2D eigenvalue weighted by atomic mass is 16.5. The predicted molar refractivity (Wildman–Crippen MR) is 85.3 cm³/mol. The molecular weight excluding hydrogens is 294 g/mol. The van der Waals surface area contributed by atoms with Gasteiger partial charge in [-0.05, 0) is 49.5 Å². The summed E-state index contributed by atoms with van der Waals surface area (Å²) in [7, 11) is 1.62. The Morgan fingerprint density at radius 2 is 2.26 bits per heavy atom. The van der Waals surface area contributed by atoms with Crippen LogP contribution in [0.15, 0.2) is 23.8 Å². The van der Waals surface area contributed by atoms with Crippen molar-refractivity contribution in [1.82, 2.24) is 4.90 Å². The summed E-state index contributed by atoms with van der Waals surface area (Å²) in [6, 6.07) is 5.57. The van der Waals surface area contributed by atoms with Crippen molar-refractivity contribution in [3.8, 4) is 11.5 Å². The first-order valence-corrected chi connectivity index (χ1v) is 8.12. The molecule has 0 radical (unpaired) electrons. The van der Waals surface area contributed by atoms with Crippen LogP contribution in [0.2, 0.25) is 0 Å². The Kier molecular flexibility index (Phi) is 3.34. The number of hydrogen-bond acceptors (Lipinski definition) is 4. The monoisotopic (exact) mass is 315 g/mol. The smallest absolute Gasteiger partial charge is 0.253 e. The van der Waals surface area contributed by atoms with Gasteiger partial charge in [0, 0.05) is 12.1 Å². The fourth-order valence-electron chi connectivity index (χ4n) is 3.55. The van der Waals surface area contributed by atoms with Gasteiger partial charge in [0.1, 0.15) is 18.1 Å². The van der Waals surface area contributed by atoms with E-state index < -0.39 is 5.60 Å². The molecule has 2 aliphatic heterocycles. The Labute approximate surface area is 135 Å². The third-order valence-corrected chi connectivity index (χ3v) is 5.11. The first kappa shape index (κ1) is 14.6. The van der Waals surface area contributed by atoms with Crippen molar-refractivity contribution >= 4 is 12.0 Å². The SMILES string of the molecule is COc1ccc2c(c1)C=C(C(=O)N1CCC(O)(C3CC3)C1)CO2. The predicted octanol–water partition coefficient (Wildman–Crippen LogP) is 1.84. The molecule has 1 saturated heterocycles. The second-order valence-corrected chi connectivity index (χ2v) is 6.72. The third kappa shape index (κ3) is 2.59. The van der Waals surface area contributed by atoms with Crippen LogP contribution in [-0.4, -0.2) is 48.3 Å². The number of benzene rings is 1. The van der Waals surface area contributed by atoms with Crippen LogP contribution >= 0.6 is 0 Å². The molecule has 5 heteroatoms. The van der Waals surface area contributed by atoms with Gasteiger partial charge in [0.05, 0.1) is 24.8 Å². The molecule has 1 aromatic carbocycles. The summed E-state index contributed by atoms with van der Waals surface area (Å²) in [4.78, 5) is 14.5. The highest BCUT2D eigenvalue weighted by Gasteiger charge is 2.49. The molecule has 1 aromatic rings. The number of aliphatic hydroxyl groups is 1. The van der Waals surface area contributed by atoms with Crippen LogP contribution in [0.3, 0.4) is 0 Å². The highest BCUT2D eigenvalue weighted by Crippen LogP contribution is 2.44. The molecule has 0 spiro atoms. The molecule has 0 bridgehead atoms. The summed E-state index contributed by atoms with van der Waals surface area (Å²) in [5.41, 5.74) is 0.814. The first-order chi connectivity index (χ1) is 11.1. The molecular formula is C18H21NO4. The van der Waals surface area contributed by atoms with Gasteiger partial charge < -0.3 is 19.5 Å². The number of amides is 1. The van der Waals surface area contributed by atoms with Crippen LogP contribution < -0.4 is 9.47 Å². The molecule has 1 N–H and O–H groups in total. The van der Waals surface area contributed by atoms with E-state index in [-0.39, 0.29) is 12.5 Å². The highest BCUT2D eigenvalue weighted by molar-refractivity contribution is 5.99. The second kappa shape index (κ2) is 5.27. The maximum atomic E-state index is 12.7. The molecule has 1 unspecified atom stereocenters. The topological polar surface area (TPSA) is 59.0 Å². The van der Waals surface area contributed by atoms with Gasteiger partial charge in [0.25, 0.3) is 5.91 Å². The number of β-amino-alcohol motifs (C(OH)–C–C–N with tert-alkyl or cyclic N) is 1. The van der Waals surface area contributed by atoms with Crippen molar-refractivity contribution in [1.29, 1.82) is 0 Å². The van der Waals surface area contributed by atoms with E-state index in [4.69, 9.17) is 9.47 Å².